The Bertz CT molecular complexity index is 475. The number of nitrogens with one attached hydrogen (secondary N) is 1. The van der Waals surface area contributed by atoms with Crippen LogP contribution in [0.4, 0.5) is 0 Å². The predicted molar refractivity (Wildman–Crippen MR) is 86.0 cm³/mol. The van der Waals surface area contributed by atoms with Crippen molar-refractivity contribution in [3.05, 3.63) is 24.3 Å². The Balaban J connectivity index is 1.61. The third kappa shape index (κ3) is 5.56. The van der Waals surface area contributed by atoms with Gasteiger partial charge in [0.1, 0.15) is 0 Å². The Kier molecular flexibility index (Phi) is 6.52. The van der Waals surface area contributed by atoms with Crippen LogP contribution in [-0.2, 0) is 4.79 Å². The van der Waals surface area contributed by atoms with E-state index >= 15 is 0 Å². The maximum absolute atomic E-state index is 11.7. The first-order chi connectivity index (χ1) is 10.7. The van der Waals surface area contributed by atoms with Crippen molar-refractivity contribution < 1.29 is 14.3 Å². The second-order valence-corrected chi connectivity index (χ2v) is 5.64. The highest BCUT2D eigenvalue weighted by Gasteiger charge is 2.28. The van der Waals surface area contributed by atoms with Crippen LogP contribution in [0.25, 0.3) is 0 Å². The molecule has 1 aromatic rings. The molecule has 1 saturated carbocycles. The molecule has 1 amide bonds. The Morgan fingerprint density at radius 3 is 2.64 bits per heavy atom. The predicted octanol–water partition coefficient (Wildman–Crippen LogP) is 2.10. The molecule has 0 aromatic heterocycles. The molecule has 22 heavy (non-hydrogen) atoms. The number of hydrogen-bond acceptors (Lipinski definition) is 4. The van der Waals surface area contributed by atoms with Gasteiger partial charge in [-0.25, -0.2) is 0 Å². The fraction of sp³-hybridized carbons (Fsp3) is 0.588. The van der Waals surface area contributed by atoms with E-state index < -0.39 is 0 Å². The molecular formula is C17H26N2O3. The zero-order valence-corrected chi connectivity index (χ0v) is 13.2. The molecule has 3 N–H and O–H groups in total. The van der Waals surface area contributed by atoms with Crippen molar-refractivity contribution in [2.45, 2.75) is 38.6 Å². The van der Waals surface area contributed by atoms with E-state index in [1.54, 1.807) is 0 Å². The van der Waals surface area contributed by atoms with Gasteiger partial charge in [-0.05, 0) is 44.2 Å². The van der Waals surface area contributed by atoms with Crippen LogP contribution in [0.3, 0.4) is 0 Å². The molecule has 0 aliphatic heterocycles. The average molecular weight is 306 g/mol. The highest BCUT2D eigenvalue weighted by molar-refractivity contribution is 5.75. The van der Waals surface area contributed by atoms with Gasteiger partial charge in [0.15, 0.2) is 11.5 Å². The molecule has 0 radical (unpaired) electrons. The molecule has 1 aliphatic rings. The van der Waals surface area contributed by atoms with Crippen molar-refractivity contribution in [2.75, 3.05) is 19.8 Å². The maximum atomic E-state index is 11.7. The summed E-state index contributed by atoms with van der Waals surface area (Å²) in [7, 11) is 0. The Hall–Kier alpha value is -1.75. The van der Waals surface area contributed by atoms with Crippen molar-refractivity contribution in [1.29, 1.82) is 0 Å². The summed E-state index contributed by atoms with van der Waals surface area (Å²) in [5.41, 5.74) is 5.95. The van der Waals surface area contributed by atoms with Gasteiger partial charge in [-0.15, -0.1) is 0 Å². The summed E-state index contributed by atoms with van der Waals surface area (Å²) in [4.78, 5) is 11.7. The smallest absolute Gasteiger partial charge is 0.220 e. The zero-order chi connectivity index (χ0) is 15.8. The monoisotopic (exact) mass is 306 g/mol. The van der Waals surface area contributed by atoms with Gasteiger partial charge in [0.05, 0.1) is 13.2 Å². The van der Waals surface area contributed by atoms with Gasteiger partial charge in [0, 0.05) is 19.0 Å². The fourth-order valence-electron chi connectivity index (χ4n) is 2.27. The standard InChI is InChI=1S/C17H26N2O3/c1-2-21-15-6-3-4-7-16(15)22-11-5-8-17(20)19-12-14(18)13-9-10-13/h3-4,6-7,13-14H,2,5,8-12,18H2,1H3,(H,19,20). The number of rotatable bonds is 10. The van der Waals surface area contributed by atoms with E-state index in [-0.39, 0.29) is 11.9 Å². The number of carbonyl (C=O) groups is 1. The molecule has 0 saturated heterocycles. The summed E-state index contributed by atoms with van der Waals surface area (Å²) in [5.74, 6) is 2.11. The van der Waals surface area contributed by atoms with Crippen LogP contribution in [0, 0.1) is 5.92 Å². The third-order valence-corrected chi connectivity index (χ3v) is 3.72. The van der Waals surface area contributed by atoms with Crippen molar-refractivity contribution in [1.82, 2.24) is 5.32 Å². The number of nitrogens with two attached hydrogens (primary N) is 1. The van der Waals surface area contributed by atoms with Gasteiger partial charge in [0.2, 0.25) is 5.91 Å². The lowest BCUT2D eigenvalue weighted by atomic mass is 10.2. The third-order valence-electron chi connectivity index (χ3n) is 3.72. The molecule has 1 fully saturated rings. The molecule has 0 spiro atoms. The summed E-state index contributed by atoms with van der Waals surface area (Å²) in [6, 6.07) is 7.68. The maximum Gasteiger partial charge on any atom is 0.220 e. The van der Waals surface area contributed by atoms with E-state index in [4.69, 9.17) is 15.2 Å². The largest absolute Gasteiger partial charge is 0.490 e. The molecule has 1 aromatic carbocycles. The van der Waals surface area contributed by atoms with Crippen molar-refractivity contribution >= 4 is 5.91 Å². The van der Waals surface area contributed by atoms with E-state index in [0.29, 0.717) is 38.5 Å². The molecule has 1 aliphatic carbocycles. The Labute approximate surface area is 132 Å². The van der Waals surface area contributed by atoms with Crippen LogP contribution >= 0.6 is 0 Å². The minimum absolute atomic E-state index is 0.0396. The number of para-hydroxylation sites is 2. The van der Waals surface area contributed by atoms with E-state index in [1.807, 2.05) is 31.2 Å². The van der Waals surface area contributed by atoms with Crippen LogP contribution < -0.4 is 20.5 Å². The van der Waals surface area contributed by atoms with Crippen LogP contribution in [0.2, 0.25) is 0 Å². The van der Waals surface area contributed by atoms with Gasteiger partial charge in [-0.1, -0.05) is 12.1 Å². The van der Waals surface area contributed by atoms with Crippen molar-refractivity contribution in [3.8, 4) is 11.5 Å². The summed E-state index contributed by atoms with van der Waals surface area (Å²) >= 11 is 0. The highest BCUT2D eigenvalue weighted by Crippen LogP contribution is 2.31. The van der Waals surface area contributed by atoms with Gasteiger partial charge >= 0.3 is 0 Å². The van der Waals surface area contributed by atoms with Crippen LogP contribution in [-0.4, -0.2) is 31.7 Å². The minimum atomic E-state index is 0.0396. The van der Waals surface area contributed by atoms with Gasteiger partial charge < -0.3 is 20.5 Å². The topological polar surface area (TPSA) is 73.6 Å². The molecule has 0 bridgehead atoms. The van der Waals surface area contributed by atoms with Crippen LogP contribution in [0.5, 0.6) is 11.5 Å². The lowest BCUT2D eigenvalue weighted by molar-refractivity contribution is -0.121. The van der Waals surface area contributed by atoms with E-state index in [9.17, 15) is 4.79 Å². The zero-order valence-electron chi connectivity index (χ0n) is 13.2. The van der Waals surface area contributed by atoms with Crippen molar-refractivity contribution in [3.63, 3.8) is 0 Å². The molecule has 5 heteroatoms. The molecular weight excluding hydrogens is 280 g/mol. The van der Waals surface area contributed by atoms with Gasteiger partial charge in [-0.2, -0.15) is 0 Å². The molecule has 5 nitrogen and oxygen atoms in total. The van der Waals surface area contributed by atoms with Crippen molar-refractivity contribution in [2.24, 2.45) is 11.7 Å². The molecule has 2 rings (SSSR count). The average Bonchev–Trinajstić information content (AvgIpc) is 3.36. The first-order valence-corrected chi connectivity index (χ1v) is 8.07. The van der Waals surface area contributed by atoms with E-state index in [0.717, 1.165) is 11.5 Å². The molecule has 1 unspecified atom stereocenters. The summed E-state index contributed by atoms with van der Waals surface area (Å²) < 4.78 is 11.2. The summed E-state index contributed by atoms with van der Waals surface area (Å²) in [6.07, 6.45) is 3.52. The molecule has 1 atom stereocenters. The first kappa shape index (κ1) is 16.6. The summed E-state index contributed by atoms with van der Waals surface area (Å²) in [5, 5.41) is 2.89. The lowest BCUT2D eigenvalue weighted by Crippen LogP contribution is -2.38. The van der Waals surface area contributed by atoms with Gasteiger partial charge in [0.25, 0.3) is 0 Å². The van der Waals surface area contributed by atoms with E-state index in [1.165, 1.54) is 12.8 Å². The SMILES string of the molecule is CCOc1ccccc1OCCCC(=O)NCC(N)C1CC1. The van der Waals surface area contributed by atoms with E-state index in [2.05, 4.69) is 5.32 Å². The number of ether oxygens (including phenoxy) is 2. The molecule has 122 valence electrons. The number of benzene rings is 1. The number of carbonyl (C=O) groups excluding carboxylic acids is 1. The van der Waals surface area contributed by atoms with Gasteiger partial charge in [-0.3, -0.25) is 4.79 Å². The quantitative estimate of drug-likeness (QED) is 0.649. The highest BCUT2D eigenvalue weighted by atomic mass is 16.5. The first-order valence-electron chi connectivity index (χ1n) is 8.07. The number of hydrogen-bond donors (Lipinski definition) is 2. The summed E-state index contributed by atoms with van der Waals surface area (Å²) in [6.45, 7) is 3.61. The Morgan fingerprint density at radius 2 is 2.00 bits per heavy atom. The molecule has 0 heterocycles. The Morgan fingerprint density at radius 1 is 1.32 bits per heavy atom. The second kappa shape index (κ2) is 8.63. The minimum Gasteiger partial charge on any atom is -0.490 e. The van der Waals surface area contributed by atoms with Crippen LogP contribution in [0.15, 0.2) is 24.3 Å². The fourth-order valence-corrected chi connectivity index (χ4v) is 2.27. The second-order valence-electron chi connectivity index (χ2n) is 5.64. The van der Waals surface area contributed by atoms with Crippen LogP contribution in [0.1, 0.15) is 32.6 Å². The normalized spacial score (nSPS) is 15.2. The number of amides is 1. The lowest BCUT2D eigenvalue weighted by Gasteiger charge is -2.13.